The van der Waals surface area contributed by atoms with Gasteiger partial charge in [-0.15, -0.1) is 0 Å². The molecule has 0 saturated heterocycles. The highest BCUT2D eigenvalue weighted by Crippen LogP contribution is 2.31. The molecule has 3 heteroatoms. The van der Waals surface area contributed by atoms with Crippen LogP contribution >= 0.6 is 0 Å². The number of carboxylic acids is 1. The molecule has 3 rings (SSSR count). The fourth-order valence-corrected chi connectivity index (χ4v) is 3.05. The van der Waals surface area contributed by atoms with Crippen LogP contribution in [0.2, 0.25) is 0 Å². The molecule has 0 saturated carbocycles. The highest BCUT2D eigenvalue weighted by atomic mass is 16.4. The average molecular weight is 319 g/mol. The van der Waals surface area contributed by atoms with Crippen molar-refractivity contribution in [3.63, 3.8) is 0 Å². The van der Waals surface area contributed by atoms with Crippen LogP contribution in [0, 0.1) is 13.8 Å². The van der Waals surface area contributed by atoms with Crippen molar-refractivity contribution in [1.82, 2.24) is 4.98 Å². The molecule has 0 fully saturated rings. The molecule has 3 aromatic rings. The van der Waals surface area contributed by atoms with Gasteiger partial charge in [-0.2, -0.15) is 0 Å². The van der Waals surface area contributed by atoms with Crippen molar-refractivity contribution in [3.05, 3.63) is 64.7 Å². The zero-order chi connectivity index (χ0) is 17.4. The third kappa shape index (κ3) is 2.78. The van der Waals surface area contributed by atoms with E-state index in [-0.39, 0.29) is 0 Å². The number of aromatic carboxylic acids is 1. The third-order valence-corrected chi connectivity index (χ3v) is 4.45. The summed E-state index contributed by atoms with van der Waals surface area (Å²) >= 11 is 0. The lowest BCUT2D eigenvalue weighted by molar-refractivity contribution is 0.0698. The topological polar surface area (TPSA) is 50.2 Å². The summed E-state index contributed by atoms with van der Waals surface area (Å²) < 4.78 is 0. The van der Waals surface area contributed by atoms with E-state index in [0.29, 0.717) is 27.9 Å². The Morgan fingerprint density at radius 2 is 1.71 bits per heavy atom. The van der Waals surface area contributed by atoms with Gasteiger partial charge in [0.1, 0.15) is 0 Å². The minimum absolute atomic E-state index is 0.339. The minimum atomic E-state index is -0.912. The van der Waals surface area contributed by atoms with Gasteiger partial charge in [-0.05, 0) is 43.0 Å². The minimum Gasteiger partial charge on any atom is -0.478 e. The van der Waals surface area contributed by atoms with Crippen molar-refractivity contribution < 1.29 is 9.90 Å². The van der Waals surface area contributed by atoms with Gasteiger partial charge in [-0.25, -0.2) is 9.78 Å². The Balaban J connectivity index is 2.27. The Morgan fingerprint density at radius 1 is 1.04 bits per heavy atom. The molecule has 24 heavy (non-hydrogen) atoms. The van der Waals surface area contributed by atoms with Crippen molar-refractivity contribution >= 4 is 16.9 Å². The standard InChI is InChI=1S/C21H21NO2/c1-12(2)15-6-8-16(9-7-15)20-14(4)19(21(23)24)17-11-13(3)5-10-18(17)22-20/h5-12H,1-4H3,(H,23,24). The molecule has 0 bridgehead atoms. The van der Waals surface area contributed by atoms with Gasteiger partial charge in [0.25, 0.3) is 0 Å². The van der Waals surface area contributed by atoms with E-state index in [0.717, 1.165) is 16.8 Å². The summed E-state index contributed by atoms with van der Waals surface area (Å²) in [5, 5.41) is 10.4. The molecule has 0 amide bonds. The molecule has 0 radical (unpaired) electrons. The fraction of sp³-hybridized carbons (Fsp3) is 0.238. The molecular weight excluding hydrogens is 298 g/mol. The van der Waals surface area contributed by atoms with Crippen LogP contribution in [0.25, 0.3) is 22.2 Å². The van der Waals surface area contributed by atoms with E-state index in [9.17, 15) is 9.90 Å². The van der Waals surface area contributed by atoms with Gasteiger partial charge in [-0.1, -0.05) is 49.7 Å². The van der Waals surface area contributed by atoms with E-state index < -0.39 is 5.97 Å². The van der Waals surface area contributed by atoms with Gasteiger partial charge in [0, 0.05) is 10.9 Å². The summed E-state index contributed by atoms with van der Waals surface area (Å²) in [6.07, 6.45) is 0. The number of fused-ring (bicyclic) bond motifs is 1. The zero-order valence-corrected chi connectivity index (χ0v) is 14.4. The molecule has 0 atom stereocenters. The number of hydrogen-bond donors (Lipinski definition) is 1. The zero-order valence-electron chi connectivity index (χ0n) is 14.4. The Hall–Kier alpha value is -2.68. The van der Waals surface area contributed by atoms with E-state index in [1.54, 1.807) is 0 Å². The molecule has 1 heterocycles. The van der Waals surface area contributed by atoms with Crippen LogP contribution in [-0.2, 0) is 0 Å². The lowest BCUT2D eigenvalue weighted by Gasteiger charge is -2.13. The third-order valence-electron chi connectivity index (χ3n) is 4.45. The molecular formula is C21H21NO2. The Labute approximate surface area is 142 Å². The van der Waals surface area contributed by atoms with Crippen molar-refractivity contribution in [2.75, 3.05) is 0 Å². The molecule has 1 aromatic heterocycles. The Kier molecular flexibility index (Phi) is 4.10. The van der Waals surface area contributed by atoms with Crippen LogP contribution in [-0.4, -0.2) is 16.1 Å². The van der Waals surface area contributed by atoms with E-state index in [1.807, 2.05) is 44.2 Å². The predicted octanol–water partition coefficient (Wildman–Crippen LogP) is 5.34. The van der Waals surface area contributed by atoms with Crippen molar-refractivity contribution in [2.24, 2.45) is 0 Å². The summed E-state index contributed by atoms with van der Waals surface area (Å²) in [4.78, 5) is 16.6. The van der Waals surface area contributed by atoms with Crippen LogP contribution in [0.5, 0.6) is 0 Å². The first-order valence-electron chi connectivity index (χ1n) is 8.13. The second-order valence-electron chi connectivity index (χ2n) is 6.56. The van der Waals surface area contributed by atoms with Crippen molar-refractivity contribution in [1.29, 1.82) is 0 Å². The summed E-state index contributed by atoms with van der Waals surface area (Å²) in [6.45, 7) is 8.10. The molecule has 0 aliphatic rings. The largest absolute Gasteiger partial charge is 0.478 e. The van der Waals surface area contributed by atoms with Gasteiger partial charge >= 0.3 is 5.97 Å². The van der Waals surface area contributed by atoms with E-state index in [1.165, 1.54) is 5.56 Å². The smallest absolute Gasteiger partial charge is 0.336 e. The van der Waals surface area contributed by atoms with Crippen LogP contribution in [0.3, 0.4) is 0 Å². The normalized spacial score (nSPS) is 11.2. The highest BCUT2D eigenvalue weighted by molar-refractivity contribution is 6.05. The van der Waals surface area contributed by atoms with Gasteiger partial charge in [0.15, 0.2) is 0 Å². The fourth-order valence-electron chi connectivity index (χ4n) is 3.05. The summed E-state index contributed by atoms with van der Waals surface area (Å²) in [6, 6.07) is 14.0. The monoisotopic (exact) mass is 319 g/mol. The first kappa shape index (κ1) is 16.2. The number of carboxylic acid groups (broad SMARTS) is 1. The van der Waals surface area contributed by atoms with Gasteiger partial charge < -0.3 is 5.11 Å². The molecule has 1 N–H and O–H groups in total. The quantitative estimate of drug-likeness (QED) is 0.709. The molecule has 0 aliphatic heterocycles. The second-order valence-corrected chi connectivity index (χ2v) is 6.56. The number of pyridine rings is 1. The van der Waals surface area contributed by atoms with E-state index >= 15 is 0 Å². The molecule has 3 nitrogen and oxygen atoms in total. The number of hydrogen-bond acceptors (Lipinski definition) is 2. The Bertz CT molecular complexity index is 925. The highest BCUT2D eigenvalue weighted by Gasteiger charge is 2.18. The van der Waals surface area contributed by atoms with Crippen molar-refractivity contribution in [3.8, 4) is 11.3 Å². The number of rotatable bonds is 3. The SMILES string of the molecule is Cc1ccc2nc(-c3ccc(C(C)C)cc3)c(C)c(C(=O)O)c2c1. The summed E-state index contributed by atoms with van der Waals surface area (Å²) in [5.41, 5.74) is 5.73. The summed E-state index contributed by atoms with van der Waals surface area (Å²) in [5.74, 6) is -0.451. The van der Waals surface area contributed by atoms with Gasteiger partial charge in [0.2, 0.25) is 0 Å². The van der Waals surface area contributed by atoms with Gasteiger partial charge in [-0.3, -0.25) is 0 Å². The maximum absolute atomic E-state index is 11.8. The maximum atomic E-state index is 11.8. The lowest BCUT2D eigenvalue weighted by Crippen LogP contribution is -2.05. The lowest BCUT2D eigenvalue weighted by atomic mass is 9.95. The number of carbonyl (C=O) groups is 1. The number of aromatic nitrogens is 1. The van der Waals surface area contributed by atoms with Crippen LogP contribution < -0.4 is 0 Å². The summed E-state index contributed by atoms with van der Waals surface area (Å²) in [7, 11) is 0. The number of nitrogens with zero attached hydrogens (tertiary/aromatic N) is 1. The van der Waals surface area contributed by atoms with Crippen LogP contribution in [0.15, 0.2) is 42.5 Å². The van der Waals surface area contributed by atoms with E-state index in [4.69, 9.17) is 4.98 Å². The molecule has 0 spiro atoms. The molecule has 122 valence electrons. The first-order chi connectivity index (χ1) is 11.4. The number of benzene rings is 2. The predicted molar refractivity (Wildman–Crippen MR) is 97.7 cm³/mol. The maximum Gasteiger partial charge on any atom is 0.336 e. The Morgan fingerprint density at radius 3 is 2.29 bits per heavy atom. The van der Waals surface area contributed by atoms with E-state index in [2.05, 4.69) is 26.0 Å². The van der Waals surface area contributed by atoms with Crippen LogP contribution in [0.4, 0.5) is 0 Å². The molecule has 2 aromatic carbocycles. The van der Waals surface area contributed by atoms with Crippen LogP contribution in [0.1, 0.15) is 46.8 Å². The molecule has 0 aliphatic carbocycles. The number of aryl methyl sites for hydroxylation is 1. The second kappa shape index (κ2) is 6.08. The average Bonchev–Trinajstić information content (AvgIpc) is 2.54. The van der Waals surface area contributed by atoms with Gasteiger partial charge in [0.05, 0.1) is 16.8 Å². The first-order valence-corrected chi connectivity index (χ1v) is 8.13. The molecule has 0 unspecified atom stereocenters. The van der Waals surface area contributed by atoms with Crippen molar-refractivity contribution in [2.45, 2.75) is 33.6 Å².